The van der Waals surface area contributed by atoms with Gasteiger partial charge in [0.25, 0.3) is 0 Å². The van der Waals surface area contributed by atoms with Crippen LogP contribution in [0.3, 0.4) is 0 Å². The van der Waals surface area contributed by atoms with E-state index in [0.717, 1.165) is 45.4 Å². The Morgan fingerprint density at radius 3 is 2.88 bits per heavy atom. The summed E-state index contributed by atoms with van der Waals surface area (Å²) in [6.45, 7) is 7.34. The van der Waals surface area contributed by atoms with Gasteiger partial charge in [-0.05, 0) is 43.6 Å². The Balaban J connectivity index is 1.49. The summed E-state index contributed by atoms with van der Waals surface area (Å²) in [6, 6.07) is 5.72. The lowest BCUT2D eigenvalue weighted by Gasteiger charge is -2.42. The molecule has 2 saturated heterocycles. The van der Waals surface area contributed by atoms with Crippen molar-refractivity contribution in [1.29, 1.82) is 0 Å². The molecule has 0 unspecified atom stereocenters. The van der Waals surface area contributed by atoms with Crippen molar-refractivity contribution in [3.63, 3.8) is 0 Å². The van der Waals surface area contributed by atoms with Gasteiger partial charge in [0.15, 0.2) is 0 Å². The monoisotopic (exact) mass is 346 g/mol. The third-order valence-corrected chi connectivity index (χ3v) is 5.50. The highest BCUT2D eigenvalue weighted by Crippen LogP contribution is 2.42. The molecule has 25 heavy (non-hydrogen) atoms. The van der Waals surface area contributed by atoms with Gasteiger partial charge in [0.1, 0.15) is 0 Å². The first kappa shape index (κ1) is 18.2. The molecule has 2 fully saturated rings. The van der Waals surface area contributed by atoms with Crippen molar-refractivity contribution < 1.29 is 14.3 Å². The fourth-order valence-electron chi connectivity index (χ4n) is 4.10. The van der Waals surface area contributed by atoms with Crippen molar-refractivity contribution >= 4 is 5.91 Å². The first-order chi connectivity index (χ1) is 12.1. The summed E-state index contributed by atoms with van der Waals surface area (Å²) in [5.41, 5.74) is -0.0535. The minimum atomic E-state index is -0.0535. The number of aromatic nitrogens is 1. The molecule has 3 heterocycles. The minimum absolute atomic E-state index is 0.0535. The Morgan fingerprint density at radius 2 is 2.20 bits per heavy atom. The van der Waals surface area contributed by atoms with Crippen LogP contribution in [0, 0.1) is 11.8 Å². The van der Waals surface area contributed by atoms with Crippen LogP contribution in [-0.2, 0) is 9.53 Å². The Kier molecular flexibility index (Phi) is 5.94. The molecule has 2 aliphatic rings. The number of likely N-dealkylation sites (tertiary alicyclic amines) is 1. The molecular weight excluding hydrogens is 316 g/mol. The van der Waals surface area contributed by atoms with Crippen molar-refractivity contribution in [3.05, 3.63) is 24.4 Å². The van der Waals surface area contributed by atoms with Crippen molar-refractivity contribution in [2.75, 3.05) is 26.3 Å². The van der Waals surface area contributed by atoms with Gasteiger partial charge in [-0.1, -0.05) is 19.9 Å². The van der Waals surface area contributed by atoms with E-state index in [1.165, 1.54) is 0 Å². The Hall–Kier alpha value is -1.62. The van der Waals surface area contributed by atoms with Gasteiger partial charge in [0, 0.05) is 38.4 Å². The summed E-state index contributed by atoms with van der Waals surface area (Å²) < 4.78 is 12.0. The second-order valence-electron chi connectivity index (χ2n) is 7.68. The number of ether oxygens (including phenoxy) is 2. The summed E-state index contributed by atoms with van der Waals surface area (Å²) in [4.78, 5) is 18.5. The lowest BCUT2D eigenvalue weighted by Crippen LogP contribution is -2.49. The summed E-state index contributed by atoms with van der Waals surface area (Å²) in [5.74, 6) is 1.91. The first-order valence-corrected chi connectivity index (χ1v) is 9.55. The average molecular weight is 346 g/mol. The van der Waals surface area contributed by atoms with Gasteiger partial charge in [-0.15, -0.1) is 0 Å². The van der Waals surface area contributed by atoms with E-state index < -0.39 is 0 Å². The highest BCUT2D eigenvalue weighted by atomic mass is 16.5. The Morgan fingerprint density at radius 1 is 1.40 bits per heavy atom. The van der Waals surface area contributed by atoms with Crippen molar-refractivity contribution in [3.8, 4) is 5.88 Å². The third kappa shape index (κ3) is 4.51. The van der Waals surface area contributed by atoms with E-state index in [9.17, 15) is 4.79 Å². The summed E-state index contributed by atoms with van der Waals surface area (Å²) in [5, 5.41) is 0. The molecule has 5 nitrogen and oxygen atoms in total. The zero-order chi connectivity index (χ0) is 17.7. The van der Waals surface area contributed by atoms with Crippen LogP contribution in [0.5, 0.6) is 5.88 Å². The van der Waals surface area contributed by atoms with Gasteiger partial charge in [0.2, 0.25) is 11.8 Å². The van der Waals surface area contributed by atoms with Crippen molar-refractivity contribution in [1.82, 2.24) is 9.88 Å². The van der Waals surface area contributed by atoms with Crippen LogP contribution in [0.25, 0.3) is 0 Å². The number of carbonyl (C=O) groups is 1. The molecule has 0 bridgehead atoms. The molecule has 0 radical (unpaired) electrons. The fourth-order valence-corrected chi connectivity index (χ4v) is 4.10. The van der Waals surface area contributed by atoms with Crippen LogP contribution >= 0.6 is 0 Å². The first-order valence-electron chi connectivity index (χ1n) is 9.55. The SMILES string of the molecule is CC(C)CC(=O)N1CCC2(CC1)OCC[C@@H]2CCOc1ccccn1. The molecule has 0 aromatic carbocycles. The molecular formula is C20H30N2O3. The Bertz CT molecular complexity index is 553. The van der Waals surface area contributed by atoms with Crippen LogP contribution in [0.2, 0.25) is 0 Å². The van der Waals surface area contributed by atoms with Gasteiger partial charge >= 0.3 is 0 Å². The second kappa shape index (κ2) is 8.17. The molecule has 1 spiro atoms. The zero-order valence-electron chi connectivity index (χ0n) is 15.4. The molecule has 1 aromatic rings. The molecule has 0 N–H and O–H groups in total. The molecule has 1 aromatic heterocycles. The second-order valence-corrected chi connectivity index (χ2v) is 7.68. The molecule has 1 atom stereocenters. The maximum atomic E-state index is 12.3. The smallest absolute Gasteiger partial charge is 0.222 e. The summed E-state index contributed by atoms with van der Waals surface area (Å²) in [7, 11) is 0. The lowest BCUT2D eigenvalue weighted by atomic mass is 9.78. The van der Waals surface area contributed by atoms with Crippen LogP contribution < -0.4 is 4.74 Å². The quantitative estimate of drug-likeness (QED) is 0.793. The average Bonchev–Trinajstić information content (AvgIpc) is 2.98. The maximum Gasteiger partial charge on any atom is 0.222 e. The third-order valence-electron chi connectivity index (χ3n) is 5.50. The number of nitrogens with zero attached hydrogens (tertiary/aromatic N) is 2. The number of hydrogen-bond donors (Lipinski definition) is 0. The molecule has 138 valence electrons. The number of hydrogen-bond acceptors (Lipinski definition) is 4. The van der Waals surface area contributed by atoms with Gasteiger partial charge in [-0.2, -0.15) is 0 Å². The zero-order valence-corrected chi connectivity index (χ0v) is 15.4. The number of piperidine rings is 1. The Labute approximate surface area is 150 Å². The van der Waals surface area contributed by atoms with Crippen LogP contribution in [0.15, 0.2) is 24.4 Å². The standard InChI is InChI=1S/C20H30N2O3/c1-16(2)15-19(23)22-11-8-20(9-12-22)17(7-14-25-20)6-13-24-18-5-3-4-10-21-18/h3-5,10,16-17H,6-9,11-15H2,1-2H3/t17-/m0/s1. The minimum Gasteiger partial charge on any atom is -0.478 e. The van der Waals surface area contributed by atoms with E-state index in [1.807, 2.05) is 23.1 Å². The fraction of sp³-hybridized carbons (Fsp3) is 0.700. The van der Waals surface area contributed by atoms with E-state index in [1.54, 1.807) is 6.20 Å². The lowest BCUT2D eigenvalue weighted by molar-refractivity contribution is -0.138. The van der Waals surface area contributed by atoms with Crippen LogP contribution in [0.1, 0.15) is 46.0 Å². The van der Waals surface area contributed by atoms with E-state index in [0.29, 0.717) is 30.7 Å². The van der Waals surface area contributed by atoms with Crippen LogP contribution in [0.4, 0.5) is 0 Å². The topological polar surface area (TPSA) is 51.7 Å². The summed E-state index contributed by atoms with van der Waals surface area (Å²) >= 11 is 0. The van der Waals surface area contributed by atoms with Gasteiger partial charge in [-0.25, -0.2) is 4.98 Å². The largest absolute Gasteiger partial charge is 0.478 e. The summed E-state index contributed by atoms with van der Waals surface area (Å²) in [6.07, 6.45) is 6.37. The molecule has 1 amide bonds. The number of rotatable bonds is 6. The van der Waals surface area contributed by atoms with Gasteiger partial charge in [0.05, 0.1) is 12.2 Å². The maximum absolute atomic E-state index is 12.3. The highest BCUT2D eigenvalue weighted by Gasteiger charge is 2.46. The van der Waals surface area contributed by atoms with Crippen LogP contribution in [-0.4, -0.2) is 47.7 Å². The molecule has 2 aliphatic heterocycles. The van der Waals surface area contributed by atoms with Gasteiger partial charge in [-0.3, -0.25) is 4.79 Å². The molecule has 3 rings (SSSR count). The predicted molar refractivity (Wildman–Crippen MR) is 96.4 cm³/mol. The number of pyridine rings is 1. The van der Waals surface area contributed by atoms with Crippen molar-refractivity contribution in [2.45, 2.75) is 51.6 Å². The predicted octanol–water partition coefficient (Wildman–Crippen LogP) is 3.29. The van der Waals surface area contributed by atoms with E-state index in [2.05, 4.69) is 18.8 Å². The van der Waals surface area contributed by atoms with E-state index in [-0.39, 0.29) is 11.5 Å². The van der Waals surface area contributed by atoms with E-state index in [4.69, 9.17) is 9.47 Å². The normalized spacial score (nSPS) is 22.5. The molecule has 0 aliphatic carbocycles. The number of amides is 1. The van der Waals surface area contributed by atoms with Gasteiger partial charge < -0.3 is 14.4 Å². The molecule has 5 heteroatoms. The highest BCUT2D eigenvalue weighted by molar-refractivity contribution is 5.76. The number of carbonyl (C=O) groups excluding carboxylic acids is 1. The molecule has 0 saturated carbocycles. The van der Waals surface area contributed by atoms with Crippen molar-refractivity contribution in [2.24, 2.45) is 11.8 Å². The van der Waals surface area contributed by atoms with E-state index >= 15 is 0 Å².